The fraction of sp³-hybridized carbons (Fsp3) is 0.471. The zero-order valence-corrected chi connectivity index (χ0v) is 25.3. The lowest BCUT2D eigenvalue weighted by molar-refractivity contribution is -0.133. The van der Waals surface area contributed by atoms with Crippen molar-refractivity contribution >= 4 is 5.78 Å². The monoisotopic (exact) mass is 567 g/mol. The number of aliphatic hydroxyl groups is 1. The summed E-state index contributed by atoms with van der Waals surface area (Å²) in [5.41, 5.74) is 4.88. The largest absolute Gasteiger partial charge is 0.391 e. The Balaban J connectivity index is 1.51. The second-order valence-electron chi connectivity index (χ2n) is 12.0. The van der Waals surface area contributed by atoms with Gasteiger partial charge in [-0.05, 0) is 82.6 Å². The van der Waals surface area contributed by atoms with Gasteiger partial charge in [0.2, 0.25) is 5.78 Å². The van der Waals surface area contributed by atoms with Gasteiger partial charge in [0, 0.05) is 18.0 Å². The van der Waals surface area contributed by atoms with Crippen molar-refractivity contribution in [3.63, 3.8) is 0 Å². The van der Waals surface area contributed by atoms with Crippen LogP contribution in [0, 0.1) is 18.3 Å². The van der Waals surface area contributed by atoms with Gasteiger partial charge < -0.3 is 9.84 Å². The van der Waals surface area contributed by atoms with Crippen LogP contribution in [-0.4, -0.2) is 42.1 Å². The summed E-state index contributed by atoms with van der Waals surface area (Å²) in [6, 6.07) is 18.0. The van der Waals surface area contributed by atoms with Gasteiger partial charge in [-0.15, -0.1) is 0 Å². The van der Waals surface area contributed by atoms with Crippen molar-refractivity contribution < 1.29 is 9.84 Å². The highest BCUT2D eigenvalue weighted by Gasteiger charge is 2.36. The number of aryl methyl sites for hydroxylation is 2. The Morgan fingerprint density at radius 3 is 2.48 bits per heavy atom. The van der Waals surface area contributed by atoms with Gasteiger partial charge in [-0.3, -0.25) is 9.36 Å². The van der Waals surface area contributed by atoms with Crippen LogP contribution in [0.25, 0.3) is 16.9 Å². The highest BCUT2D eigenvalue weighted by atomic mass is 16.5. The van der Waals surface area contributed by atoms with E-state index < -0.39 is 6.10 Å². The van der Waals surface area contributed by atoms with Gasteiger partial charge >= 0.3 is 0 Å². The molecule has 0 spiro atoms. The average Bonchev–Trinajstić information content (AvgIpc) is 3.36. The van der Waals surface area contributed by atoms with Crippen LogP contribution in [0.15, 0.2) is 53.3 Å². The normalized spacial score (nSPS) is 20.4. The standard InChI is InChI=1S/C34H41N5O3/c1-6-9-31-30(20-25-12-14-26(15-13-25)29-11-8-7-10-27(29)21-35)32(41)38(33-36-24(4)37-39(31)33)28-16-18-34(5,19-17-28)42-23(3)22(2)40/h7-8,10-15,22-23,28,40H,6,9,16-20H2,1-5H3/t22?,23?,28-,34-. The number of benzene rings is 2. The van der Waals surface area contributed by atoms with Crippen molar-refractivity contribution in [2.24, 2.45) is 0 Å². The molecule has 2 atom stereocenters. The number of aliphatic hydroxyl groups excluding tert-OH is 1. The number of hydrogen-bond donors (Lipinski definition) is 1. The minimum Gasteiger partial charge on any atom is -0.391 e. The summed E-state index contributed by atoms with van der Waals surface area (Å²) >= 11 is 0. The fourth-order valence-corrected chi connectivity index (χ4v) is 6.20. The molecule has 5 rings (SSSR count). The lowest BCUT2D eigenvalue weighted by Crippen LogP contribution is -2.42. The van der Waals surface area contributed by atoms with E-state index in [0.29, 0.717) is 23.6 Å². The molecule has 1 aliphatic carbocycles. The van der Waals surface area contributed by atoms with E-state index >= 15 is 0 Å². The Kier molecular flexibility index (Phi) is 8.63. The number of aromatic nitrogens is 4. The molecule has 0 radical (unpaired) electrons. The maximum absolute atomic E-state index is 14.4. The first-order valence-electron chi connectivity index (χ1n) is 15.1. The Labute approximate surface area is 247 Å². The molecular formula is C34H41N5O3. The molecule has 0 amide bonds. The van der Waals surface area contributed by atoms with Crippen LogP contribution in [0.5, 0.6) is 0 Å². The van der Waals surface area contributed by atoms with E-state index in [2.05, 4.69) is 19.9 Å². The van der Waals surface area contributed by atoms with Crippen LogP contribution >= 0.6 is 0 Å². The van der Waals surface area contributed by atoms with Crippen LogP contribution in [0.2, 0.25) is 0 Å². The highest BCUT2D eigenvalue weighted by molar-refractivity contribution is 5.70. The number of fused-ring (bicyclic) bond motifs is 1. The van der Waals surface area contributed by atoms with Gasteiger partial charge in [0.05, 0.1) is 35.1 Å². The van der Waals surface area contributed by atoms with Gasteiger partial charge in [-0.2, -0.15) is 15.3 Å². The van der Waals surface area contributed by atoms with Crippen molar-refractivity contribution in [3.8, 4) is 17.2 Å². The van der Waals surface area contributed by atoms with Gasteiger partial charge in [0.1, 0.15) is 5.82 Å². The van der Waals surface area contributed by atoms with Crippen LogP contribution in [0.1, 0.15) is 94.0 Å². The second-order valence-corrected chi connectivity index (χ2v) is 12.0. The SMILES string of the molecule is CCCc1c(Cc2ccc(-c3ccccc3C#N)cc2)c(=O)n([C@H]2CC[C@](C)(OC(C)C(C)O)CC2)c2nc(C)nn12. The van der Waals surface area contributed by atoms with Crippen molar-refractivity contribution in [1.29, 1.82) is 5.26 Å². The topological polar surface area (TPSA) is 105 Å². The molecule has 2 aromatic heterocycles. The molecule has 8 nitrogen and oxygen atoms in total. The van der Waals surface area contributed by atoms with Crippen molar-refractivity contribution in [1.82, 2.24) is 19.2 Å². The summed E-state index contributed by atoms with van der Waals surface area (Å²) in [4.78, 5) is 19.1. The first kappa shape index (κ1) is 29.7. The zero-order valence-electron chi connectivity index (χ0n) is 25.3. The van der Waals surface area contributed by atoms with Gasteiger partial charge in [0.25, 0.3) is 5.56 Å². The first-order valence-corrected chi connectivity index (χ1v) is 15.1. The van der Waals surface area contributed by atoms with Crippen molar-refractivity contribution in [2.45, 2.75) is 103 Å². The third kappa shape index (κ3) is 5.90. The predicted octanol–water partition coefficient (Wildman–Crippen LogP) is 5.94. The first-order chi connectivity index (χ1) is 20.1. The summed E-state index contributed by atoms with van der Waals surface area (Å²) in [6.07, 6.45) is 4.46. The van der Waals surface area contributed by atoms with Crippen LogP contribution in [0.3, 0.4) is 0 Å². The van der Waals surface area contributed by atoms with Crippen LogP contribution < -0.4 is 5.56 Å². The molecule has 220 valence electrons. The van der Waals surface area contributed by atoms with Crippen LogP contribution in [-0.2, 0) is 17.6 Å². The molecule has 4 aromatic rings. The number of ether oxygens (including phenoxy) is 1. The minimum absolute atomic E-state index is 0.00382. The zero-order chi connectivity index (χ0) is 30.0. The van der Waals surface area contributed by atoms with E-state index in [0.717, 1.165) is 66.5 Å². The molecule has 0 aliphatic heterocycles. The number of nitrogens with zero attached hydrogens (tertiary/aromatic N) is 5. The van der Waals surface area contributed by atoms with E-state index in [1.165, 1.54) is 0 Å². The van der Waals surface area contributed by atoms with E-state index in [1.807, 2.05) is 71.5 Å². The quantitative estimate of drug-likeness (QED) is 0.268. The summed E-state index contributed by atoms with van der Waals surface area (Å²) in [6.45, 7) is 9.75. The lowest BCUT2D eigenvalue weighted by atomic mass is 9.83. The Hall–Kier alpha value is -3.80. The predicted molar refractivity (Wildman–Crippen MR) is 164 cm³/mol. The summed E-state index contributed by atoms with van der Waals surface area (Å²) in [5, 5.41) is 24.3. The van der Waals surface area contributed by atoms with Gasteiger partial charge in [-0.25, -0.2) is 4.52 Å². The number of rotatable bonds is 9. The van der Waals surface area contributed by atoms with Crippen molar-refractivity contribution in [3.05, 3.63) is 87.1 Å². The van der Waals surface area contributed by atoms with Crippen LogP contribution in [0.4, 0.5) is 0 Å². The molecule has 1 aliphatic rings. The molecule has 0 bridgehead atoms. The molecular weight excluding hydrogens is 526 g/mol. The molecule has 1 saturated carbocycles. The maximum atomic E-state index is 14.4. The molecule has 1 N–H and O–H groups in total. The van der Waals surface area contributed by atoms with E-state index in [-0.39, 0.29) is 23.3 Å². The molecule has 1 fully saturated rings. The third-order valence-electron chi connectivity index (χ3n) is 8.70. The third-order valence-corrected chi connectivity index (χ3v) is 8.70. The Bertz CT molecular complexity index is 1650. The maximum Gasteiger partial charge on any atom is 0.259 e. The molecule has 2 aromatic carbocycles. The molecule has 8 heteroatoms. The molecule has 2 heterocycles. The summed E-state index contributed by atoms with van der Waals surface area (Å²) < 4.78 is 10.0. The Morgan fingerprint density at radius 1 is 1.14 bits per heavy atom. The number of nitriles is 1. The summed E-state index contributed by atoms with van der Waals surface area (Å²) in [7, 11) is 0. The molecule has 0 saturated heterocycles. The molecule has 42 heavy (non-hydrogen) atoms. The fourth-order valence-electron chi connectivity index (χ4n) is 6.20. The van der Waals surface area contributed by atoms with E-state index in [1.54, 1.807) is 6.92 Å². The van der Waals surface area contributed by atoms with Gasteiger partial charge in [-0.1, -0.05) is 55.8 Å². The molecule has 2 unspecified atom stereocenters. The van der Waals surface area contributed by atoms with E-state index in [9.17, 15) is 15.2 Å². The van der Waals surface area contributed by atoms with E-state index in [4.69, 9.17) is 14.8 Å². The van der Waals surface area contributed by atoms with Gasteiger partial charge in [0.15, 0.2) is 0 Å². The second kappa shape index (κ2) is 12.2. The average molecular weight is 568 g/mol. The highest BCUT2D eigenvalue weighted by Crippen LogP contribution is 2.38. The van der Waals surface area contributed by atoms with Crippen molar-refractivity contribution in [2.75, 3.05) is 0 Å². The smallest absolute Gasteiger partial charge is 0.259 e. The minimum atomic E-state index is -0.537. The summed E-state index contributed by atoms with van der Waals surface area (Å²) in [5.74, 6) is 1.26. The Morgan fingerprint density at radius 2 is 1.83 bits per heavy atom. The lowest BCUT2D eigenvalue weighted by Gasteiger charge is -2.40. The number of hydrogen-bond acceptors (Lipinski definition) is 6.